The largest absolute Gasteiger partial charge is 0.481 e. The number of hydrogen-bond acceptors (Lipinski definition) is 4. The van der Waals surface area contributed by atoms with Crippen LogP contribution in [0.1, 0.15) is 25.7 Å². The van der Waals surface area contributed by atoms with Crippen LogP contribution >= 0.6 is 0 Å². The molecule has 0 bridgehead atoms. The molecular formula is C9H17NO4. The molecule has 0 aromatic carbocycles. The third kappa shape index (κ3) is 2.67. The average molecular weight is 203 g/mol. The predicted molar refractivity (Wildman–Crippen MR) is 49.8 cm³/mol. The summed E-state index contributed by atoms with van der Waals surface area (Å²) < 4.78 is 5.34. The van der Waals surface area contributed by atoms with Gasteiger partial charge in [-0.25, -0.2) is 0 Å². The van der Waals surface area contributed by atoms with Crippen LogP contribution < -0.4 is 5.73 Å². The van der Waals surface area contributed by atoms with Crippen LogP contribution in [0.5, 0.6) is 0 Å². The van der Waals surface area contributed by atoms with E-state index in [0.717, 1.165) is 12.8 Å². The molecule has 5 nitrogen and oxygen atoms in total. The molecule has 14 heavy (non-hydrogen) atoms. The summed E-state index contributed by atoms with van der Waals surface area (Å²) >= 11 is 0. The molecule has 0 saturated carbocycles. The Balaban J connectivity index is 2.61. The quantitative estimate of drug-likeness (QED) is 0.584. The van der Waals surface area contributed by atoms with E-state index in [9.17, 15) is 9.90 Å². The first-order chi connectivity index (χ1) is 6.58. The fourth-order valence-corrected chi connectivity index (χ4v) is 1.74. The zero-order valence-electron chi connectivity index (χ0n) is 8.11. The topological polar surface area (TPSA) is 92.8 Å². The van der Waals surface area contributed by atoms with Gasteiger partial charge in [-0.1, -0.05) is 0 Å². The lowest BCUT2D eigenvalue weighted by atomic mass is 9.88. The summed E-state index contributed by atoms with van der Waals surface area (Å²) in [6.45, 7) is 0.497. The van der Waals surface area contributed by atoms with Crippen molar-refractivity contribution >= 4 is 5.97 Å². The smallest absolute Gasteiger partial charge is 0.306 e. The van der Waals surface area contributed by atoms with E-state index in [1.807, 2.05) is 0 Å². The molecular weight excluding hydrogens is 186 g/mol. The first kappa shape index (κ1) is 11.4. The molecule has 1 heterocycles. The number of rotatable bonds is 4. The minimum absolute atomic E-state index is 0.0794. The Hall–Kier alpha value is -0.650. The van der Waals surface area contributed by atoms with Crippen molar-refractivity contribution in [3.8, 4) is 0 Å². The average Bonchev–Trinajstić information content (AvgIpc) is 2.18. The van der Waals surface area contributed by atoms with Gasteiger partial charge in [-0.3, -0.25) is 4.79 Å². The van der Waals surface area contributed by atoms with Crippen LogP contribution in [0.25, 0.3) is 0 Å². The van der Waals surface area contributed by atoms with Crippen molar-refractivity contribution in [1.29, 1.82) is 0 Å². The summed E-state index contributed by atoms with van der Waals surface area (Å²) in [5.41, 5.74) is 3.98. The van der Waals surface area contributed by atoms with E-state index < -0.39 is 17.7 Å². The molecule has 1 fully saturated rings. The highest BCUT2D eigenvalue weighted by atomic mass is 16.5. The maximum atomic E-state index is 10.5. The second-order valence-electron chi connectivity index (χ2n) is 3.73. The van der Waals surface area contributed by atoms with E-state index in [-0.39, 0.29) is 13.0 Å². The van der Waals surface area contributed by atoms with Crippen molar-refractivity contribution in [3.63, 3.8) is 0 Å². The Morgan fingerprint density at radius 3 is 2.71 bits per heavy atom. The van der Waals surface area contributed by atoms with E-state index in [1.165, 1.54) is 0 Å². The van der Waals surface area contributed by atoms with Gasteiger partial charge in [0.1, 0.15) is 5.60 Å². The molecule has 1 rings (SSSR count). The second kappa shape index (κ2) is 4.72. The normalized spacial score (nSPS) is 26.9. The number of hydrogen-bond donors (Lipinski definition) is 3. The predicted octanol–water partition coefficient (Wildman–Crippen LogP) is -0.280. The molecule has 0 aromatic heterocycles. The molecule has 0 aliphatic carbocycles. The summed E-state index contributed by atoms with van der Waals surface area (Å²) in [7, 11) is 0. The van der Waals surface area contributed by atoms with Gasteiger partial charge in [0.05, 0.1) is 12.5 Å². The number of ether oxygens (including phenoxy) is 1. The molecule has 0 spiro atoms. The van der Waals surface area contributed by atoms with Crippen LogP contribution in [-0.2, 0) is 9.53 Å². The Bertz CT molecular complexity index is 203. The van der Waals surface area contributed by atoms with Crippen molar-refractivity contribution in [2.24, 2.45) is 5.73 Å². The molecule has 2 unspecified atom stereocenters. The summed E-state index contributed by atoms with van der Waals surface area (Å²) in [6.07, 6.45) is 1.81. The number of aliphatic carboxylic acids is 1. The lowest BCUT2D eigenvalue weighted by Gasteiger charge is -2.36. The molecule has 0 radical (unpaired) electrons. The fraction of sp³-hybridized carbons (Fsp3) is 0.889. The second-order valence-corrected chi connectivity index (χ2v) is 3.73. The molecule has 4 N–H and O–H groups in total. The first-order valence-corrected chi connectivity index (χ1v) is 4.84. The van der Waals surface area contributed by atoms with Crippen LogP contribution in [-0.4, -0.2) is 41.0 Å². The monoisotopic (exact) mass is 203 g/mol. The van der Waals surface area contributed by atoms with E-state index in [1.54, 1.807) is 0 Å². The van der Waals surface area contributed by atoms with E-state index >= 15 is 0 Å². The number of nitrogens with two attached hydrogens (primary N) is 1. The van der Waals surface area contributed by atoms with E-state index in [4.69, 9.17) is 15.6 Å². The summed E-state index contributed by atoms with van der Waals surface area (Å²) in [5.74, 6) is -1.05. The van der Waals surface area contributed by atoms with Gasteiger partial charge in [-0.05, 0) is 19.3 Å². The third-order valence-corrected chi connectivity index (χ3v) is 2.59. The minimum atomic E-state index is -1.41. The molecule has 82 valence electrons. The van der Waals surface area contributed by atoms with Crippen LogP contribution in [0.3, 0.4) is 0 Å². The van der Waals surface area contributed by atoms with Gasteiger partial charge in [0.2, 0.25) is 0 Å². The number of carboxylic acid groups (broad SMARTS) is 1. The van der Waals surface area contributed by atoms with Crippen LogP contribution in [0.2, 0.25) is 0 Å². The minimum Gasteiger partial charge on any atom is -0.481 e. The van der Waals surface area contributed by atoms with Crippen molar-refractivity contribution in [2.75, 3.05) is 13.2 Å². The Kier molecular flexibility index (Phi) is 3.86. The number of carboxylic acids is 1. The maximum absolute atomic E-state index is 10.5. The van der Waals surface area contributed by atoms with Crippen LogP contribution in [0.4, 0.5) is 0 Å². The van der Waals surface area contributed by atoms with Crippen molar-refractivity contribution in [3.05, 3.63) is 0 Å². The van der Waals surface area contributed by atoms with E-state index in [0.29, 0.717) is 13.0 Å². The molecule has 1 saturated heterocycles. The lowest BCUT2D eigenvalue weighted by Crippen LogP contribution is -2.52. The molecule has 5 heteroatoms. The van der Waals surface area contributed by atoms with Gasteiger partial charge < -0.3 is 20.7 Å². The van der Waals surface area contributed by atoms with Crippen molar-refractivity contribution < 1.29 is 19.7 Å². The number of carbonyl (C=O) groups is 1. The van der Waals surface area contributed by atoms with Gasteiger partial charge in [0, 0.05) is 13.2 Å². The molecule has 2 atom stereocenters. The highest BCUT2D eigenvalue weighted by Crippen LogP contribution is 2.25. The molecule has 0 aromatic rings. The van der Waals surface area contributed by atoms with Crippen LogP contribution in [0, 0.1) is 0 Å². The highest BCUT2D eigenvalue weighted by Gasteiger charge is 2.39. The van der Waals surface area contributed by atoms with Gasteiger partial charge in [0.15, 0.2) is 0 Å². The molecule has 1 aliphatic heterocycles. The SMILES string of the molecule is NCC(O)(CC(=O)O)C1CCCCO1. The third-order valence-electron chi connectivity index (χ3n) is 2.59. The van der Waals surface area contributed by atoms with Crippen LogP contribution in [0.15, 0.2) is 0 Å². The van der Waals surface area contributed by atoms with Gasteiger partial charge in [-0.2, -0.15) is 0 Å². The van der Waals surface area contributed by atoms with Crippen molar-refractivity contribution in [2.45, 2.75) is 37.4 Å². The zero-order valence-corrected chi connectivity index (χ0v) is 8.11. The molecule has 0 amide bonds. The zero-order chi connectivity index (χ0) is 10.6. The first-order valence-electron chi connectivity index (χ1n) is 4.84. The summed E-state index contributed by atoms with van der Waals surface area (Å²) in [6, 6.07) is 0. The standard InChI is InChI=1S/C9H17NO4/c10-6-9(13,5-8(11)12)7-3-1-2-4-14-7/h7,13H,1-6,10H2,(H,11,12). The number of aliphatic hydroxyl groups is 1. The highest BCUT2D eigenvalue weighted by molar-refractivity contribution is 5.68. The Morgan fingerprint density at radius 1 is 1.57 bits per heavy atom. The Morgan fingerprint density at radius 2 is 2.29 bits per heavy atom. The lowest BCUT2D eigenvalue weighted by molar-refractivity contribution is -0.157. The van der Waals surface area contributed by atoms with Gasteiger partial charge in [0.25, 0.3) is 0 Å². The fourth-order valence-electron chi connectivity index (χ4n) is 1.74. The Labute approximate surface area is 82.9 Å². The summed E-state index contributed by atoms with van der Waals surface area (Å²) in [5, 5.41) is 18.6. The summed E-state index contributed by atoms with van der Waals surface area (Å²) in [4.78, 5) is 10.5. The molecule has 1 aliphatic rings. The maximum Gasteiger partial charge on any atom is 0.306 e. The van der Waals surface area contributed by atoms with E-state index in [2.05, 4.69) is 0 Å². The van der Waals surface area contributed by atoms with Crippen molar-refractivity contribution in [1.82, 2.24) is 0 Å². The van der Waals surface area contributed by atoms with Gasteiger partial charge >= 0.3 is 5.97 Å². The van der Waals surface area contributed by atoms with Gasteiger partial charge in [-0.15, -0.1) is 0 Å².